The van der Waals surface area contributed by atoms with Gasteiger partial charge in [0.05, 0.1) is 6.10 Å². The fourth-order valence-corrected chi connectivity index (χ4v) is 3.86. The van der Waals surface area contributed by atoms with Crippen molar-refractivity contribution in [3.05, 3.63) is 18.2 Å². The van der Waals surface area contributed by atoms with E-state index in [9.17, 15) is 8.78 Å². The van der Waals surface area contributed by atoms with Crippen molar-refractivity contribution in [1.82, 2.24) is 20.2 Å². The largest absolute Gasteiger partial charge is 0.378 e. The van der Waals surface area contributed by atoms with E-state index in [1.54, 1.807) is 0 Å². The first-order valence-electron chi connectivity index (χ1n) is 9.48. The van der Waals surface area contributed by atoms with Gasteiger partial charge in [-0.25, -0.2) is 9.98 Å². The van der Waals surface area contributed by atoms with Gasteiger partial charge in [-0.05, 0) is 33.1 Å². The second-order valence-corrected chi connectivity index (χ2v) is 6.54. The molecule has 2 atom stereocenters. The number of nitrogens with one attached hydrogen (secondary N) is 2. The summed E-state index contributed by atoms with van der Waals surface area (Å²) < 4.78 is 32.6. The van der Waals surface area contributed by atoms with Crippen molar-refractivity contribution in [3.63, 3.8) is 0 Å². The molecule has 2 N–H and O–H groups in total. The minimum absolute atomic E-state index is 0. The van der Waals surface area contributed by atoms with E-state index in [2.05, 4.69) is 34.5 Å². The van der Waals surface area contributed by atoms with Crippen molar-refractivity contribution in [1.29, 1.82) is 0 Å². The third-order valence-electron chi connectivity index (χ3n) is 5.46. The van der Waals surface area contributed by atoms with Gasteiger partial charge in [-0.1, -0.05) is 13.8 Å². The lowest BCUT2D eigenvalue weighted by Gasteiger charge is -2.55. The van der Waals surface area contributed by atoms with Crippen molar-refractivity contribution in [2.24, 2.45) is 10.4 Å². The van der Waals surface area contributed by atoms with Crippen LogP contribution in [-0.2, 0) is 11.3 Å². The average Bonchev–Trinajstić information content (AvgIpc) is 3.08. The molecule has 0 amide bonds. The molecule has 1 heterocycles. The Morgan fingerprint density at radius 3 is 2.63 bits per heavy atom. The van der Waals surface area contributed by atoms with Gasteiger partial charge in [0, 0.05) is 37.0 Å². The first kappa shape index (κ1) is 24.1. The fraction of sp³-hybridized carbons (Fsp3) is 0.778. The smallest absolute Gasteiger partial charge is 0.319 e. The van der Waals surface area contributed by atoms with Crippen LogP contribution in [0.5, 0.6) is 0 Å². The van der Waals surface area contributed by atoms with Crippen molar-refractivity contribution in [2.45, 2.75) is 72.2 Å². The molecule has 0 saturated heterocycles. The van der Waals surface area contributed by atoms with Gasteiger partial charge in [-0.3, -0.25) is 4.57 Å². The average molecular weight is 499 g/mol. The molecule has 1 aromatic rings. The van der Waals surface area contributed by atoms with Gasteiger partial charge in [-0.15, -0.1) is 24.0 Å². The van der Waals surface area contributed by atoms with Gasteiger partial charge in [-0.2, -0.15) is 8.78 Å². The van der Waals surface area contributed by atoms with E-state index >= 15 is 0 Å². The number of hydrogen-bond acceptors (Lipinski definition) is 3. The second-order valence-electron chi connectivity index (χ2n) is 6.54. The lowest BCUT2D eigenvalue weighted by Crippen LogP contribution is -2.65. The molecule has 9 heteroatoms. The van der Waals surface area contributed by atoms with E-state index in [-0.39, 0.29) is 53.9 Å². The Balaban J connectivity index is 0.00000364. The second kappa shape index (κ2) is 11.1. The lowest BCUT2D eigenvalue weighted by molar-refractivity contribution is -0.133. The molecule has 0 aromatic carbocycles. The maximum Gasteiger partial charge on any atom is 0.319 e. The van der Waals surface area contributed by atoms with E-state index < -0.39 is 6.55 Å². The van der Waals surface area contributed by atoms with E-state index in [1.165, 1.54) is 12.4 Å². The maximum absolute atomic E-state index is 12.9. The van der Waals surface area contributed by atoms with Crippen LogP contribution in [0.2, 0.25) is 0 Å². The summed E-state index contributed by atoms with van der Waals surface area (Å²) in [6.45, 7) is 7.27. The van der Waals surface area contributed by atoms with E-state index in [1.807, 2.05) is 13.8 Å². The van der Waals surface area contributed by atoms with E-state index in [0.717, 1.165) is 23.8 Å². The first-order valence-corrected chi connectivity index (χ1v) is 9.48. The molecule has 1 fully saturated rings. The highest BCUT2D eigenvalue weighted by molar-refractivity contribution is 14.0. The summed E-state index contributed by atoms with van der Waals surface area (Å²) in [5.41, 5.74) is 0.0770. The molecule has 0 radical (unpaired) electrons. The molecule has 0 spiro atoms. The molecule has 6 nitrogen and oxygen atoms in total. The Bertz CT molecular complexity index is 592. The summed E-state index contributed by atoms with van der Waals surface area (Å²) >= 11 is 0. The van der Waals surface area contributed by atoms with Crippen LogP contribution >= 0.6 is 24.0 Å². The summed E-state index contributed by atoms with van der Waals surface area (Å²) in [5.74, 6) is 0.873. The van der Waals surface area contributed by atoms with Gasteiger partial charge in [0.25, 0.3) is 0 Å². The molecule has 1 aliphatic carbocycles. The Labute approximate surface area is 177 Å². The summed E-state index contributed by atoms with van der Waals surface area (Å²) in [6, 6.07) is 0.252. The zero-order chi connectivity index (χ0) is 19.2. The van der Waals surface area contributed by atoms with Crippen molar-refractivity contribution in [3.8, 4) is 0 Å². The minimum atomic E-state index is -2.61. The summed E-state index contributed by atoms with van der Waals surface area (Å²) in [6.07, 6.45) is 5.84. The quantitative estimate of drug-likeness (QED) is 0.307. The SMILES string of the molecule is CCNC(=NCc1nccn1C(F)F)NC1CC(OCC)C1(CC)CC.I. The van der Waals surface area contributed by atoms with Crippen molar-refractivity contribution < 1.29 is 13.5 Å². The predicted octanol–water partition coefficient (Wildman–Crippen LogP) is 3.94. The molecular formula is C18H32F2IN5O. The van der Waals surface area contributed by atoms with Crippen molar-refractivity contribution in [2.75, 3.05) is 13.2 Å². The van der Waals surface area contributed by atoms with Crippen LogP contribution in [0.25, 0.3) is 0 Å². The normalized spacial score (nSPS) is 21.5. The van der Waals surface area contributed by atoms with Crippen LogP contribution < -0.4 is 10.6 Å². The number of hydrogen-bond donors (Lipinski definition) is 2. The van der Waals surface area contributed by atoms with Gasteiger partial charge in [0.2, 0.25) is 0 Å². The number of aromatic nitrogens is 2. The Kier molecular flexibility index (Phi) is 9.92. The van der Waals surface area contributed by atoms with E-state index in [4.69, 9.17) is 4.74 Å². The summed E-state index contributed by atoms with van der Waals surface area (Å²) in [7, 11) is 0. The number of guanidine groups is 1. The molecule has 1 aromatic heterocycles. The van der Waals surface area contributed by atoms with Crippen LogP contribution in [0.3, 0.4) is 0 Å². The fourth-order valence-electron chi connectivity index (χ4n) is 3.86. The third kappa shape index (κ3) is 5.30. The minimum Gasteiger partial charge on any atom is -0.378 e. The number of imidazole rings is 1. The van der Waals surface area contributed by atoms with Crippen LogP contribution in [-0.4, -0.2) is 40.8 Å². The van der Waals surface area contributed by atoms with Crippen molar-refractivity contribution >= 4 is 29.9 Å². The zero-order valence-corrected chi connectivity index (χ0v) is 18.9. The molecule has 2 unspecified atom stereocenters. The molecular weight excluding hydrogens is 467 g/mol. The monoisotopic (exact) mass is 499 g/mol. The number of alkyl halides is 2. The predicted molar refractivity (Wildman–Crippen MR) is 114 cm³/mol. The third-order valence-corrected chi connectivity index (χ3v) is 5.46. The molecule has 27 heavy (non-hydrogen) atoms. The molecule has 1 aliphatic rings. The molecule has 1 saturated carbocycles. The first-order chi connectivity index (χ1) is 12.5. The Morgan fingerprint density at radius 1 is 1.37 bits per heavy atom. The zero-order valence-electron chi connectivity index (χ0n) is 16.5. The topological polar surface area (TPSA) is 63.5 Å². The molecule has 156 valence electrons. The maximum atomic E-state index is 12.9. The highest BCUT2D eigenvalue weighted by Crippen LogP contribution is 2.48. The molecule has 2 rings (SSSR count). The number of ether oxygens (including phenoxy) is 1. The van der Waals surface area contributed by atoms with Crippen LogP contribution in [0.15, 0.2) is 17.4 Å². The number of nitrogens with zero attached hydrogens (tertiary/aromatic N) is 3. The van der Waals surface area contributed by atoms with Gasteiger partial charge < -0.3 is 15.4 Å². The highest BCUT2D eigenvalue weighted by Gasteiger charge is 2.53. The number of halogens is 3. The van der Waals surface area contributed by atoms with Gasteiger partial charge >= 0.3 is 6.55 Å². The standard InChI is InChI=1S/C18H31F2N5O.HI/c1-5-18(6-2)13(11-14(18)26-8-4)24-17(21-7-3)23-12-15-22-9-10-25(15)16(19)20;/h9-10,13-14,16H,5-8,11-12H2,1-4H3,(H2,21,23,24);1H. The van der Waals surface area contributed by atoms with Gasteiger partial charge in [0.1, 0.15) is 12.4 Å². The highest BCUT2D eigenvalue weighted by atomic mass is 127. The summed E-state index contributed by atoms with van der Waals surface area (Å²) in [4.78, 5) is 8.44. The van der Waals surface area contributed by atoms with Crippen LogP contribution in [0.4, 0.5) is 8.78 Å². The molecule has 0 aliphatic heterocycles. The summed E-state index contributed by atoms with van der Waals surface area (Å²) in [5, 5.41) is 6.68. The number of rotatable bonds is 9. The van der Waals surface area contributed by atoms with Crippen LogP contribution in [0, 0.1) is 5.41 Å². The number of aliphatic imine (C=N–C) groups is 1. The Morgan fingerprint density at radius 2 is 2.07 bits per heavy atom. The lowest BCUT2D eigenvalue weighted by atomic mass is 9.58. The van der Waals surface area contributed by atoms with Crippen LogP contribution in [0.1, 0.15) is 59.3 Å². The molecule has 0 bridgehead atoms. The Hall–Kier alpha value is -0.970. The van der Waals surface area contributed by atoms with Gasteiger partial charge in [0.15, 0.2) is 5.96 Å². The van der Waals surface area contributed by atoms with E-state index in [0.29, 0.717) is 19.1 Å².